The van der Waals surface area contributed by atoms with E-state index < -0.39 is 0 Å². The molecule has 1 saturated carbocycles. The van der Waals surface area contributed by atoms with E-state index in [0.717, 1.165) is 12.8 Å². The number of aromatic nitrogens is 1. The largest absolute Gasteiger partial charge is 0.449 e. The molecule has 0 bridgehead atoms. The minimum atomic E-state index is -0.275. The first kappa shape index (κ1) is 12.9. The molecule has 0 atom stereocenters. The Morgan fingerprint density at radius 3 is 2.78 bits per heavy atom. The van der Waals surface area contributed by atoms with Gasteiger partial charge in [0.1, 0.15) is 5.82 Å². The molecule has 1 heterocycles. The van der Waals surface area contributed by atoms with Crippen LogP contribution in [0.25, 0.3) is 0 Å². The van der Waals surface area contributed by atoms with Crippen molar-refractivity contribution in [1.82, 2.24) is 4.98 Å². The lowest BCUT2D eigenvalue weighted by Gasteiger charge is -2.32. The zero-order valence-electron chi connectivity index (χ0n) is 10.8. The summed E-state index contributed by atoms with van der Waals surface area (Å²) in [5.41, 5.74) is 0. The van der Waals surface area contributed by atoms with Gasteiger partial charge in [-0.3, -0.25) is 4.90 Å². The lowest BCUT2D eigenvalue weighted by molar-refractivity contribution is 0.155. The summed E-state index contributed by atoms with van der Waals surface area (Å²) in [5.74, 6) is 0.697. The maximum absolute atomic E-state index is 12.1. The third-order valence-electron chi connectivity index (χ3n) is 3.30. The average molecular weight is 248 g/mol. The fourth-order valence-electron chi connectivity index (χ4n) is 2.46. The van der Waals surface area contributed by atoms with Gasteiger partial charge < -0.3 is 4.74 Å². The second kappa shape index (κ2) is 6.38. The fourth-order valence-corrected chi connectivity index (χ4v) is 2.46. The first-order valence-electron chi connectivity index (χ1n) is 6.70. The van der Waals surface area contributed by atoms with E-state index in [2.05, 4.69) is 4.98 Å². The molecular weight excluding hydrogens is 228 g/mol. The predicted octanol–water partition coefficient (Wildman–Crippen LogP) is 3.38. The molecule has 0 N–H and O–H groups in total. The Balaban J connectivity index is 2.19. The molecule has 1 aliphatic rings. The third kappa shape index (κ3) is 3.00. The Morgan fingerprint density at radius 1 is 1.39 bits per heavy atom. The Morgan fingerprint density at radius 2 is 2.17 bits per heavy atom. The molecule has 1 aliphatic carbocycles. The van der Waals surface area contributed by atoms with Gasteiger partial charge in [0.15, 0.2) is 0 Å². The highest BCUT2D eigenvalue weighted by Gasteiger charge is 2.28. The van der Waals surface area contributed by atoms with Crippen LogP contribution in [0.4, 0.5) is 10.6 Å². The molecule has 98 valence electrons. The second-order valence-corrected chi connectivity index (χ2v) is 4.55. The minimum Gasteiger partial charge on any atom is -0.449 e. The van der Waals surface area contributed by atoms with Gasteiger partial charge in [-0.1, -0.05) is 25.3 Å². The first-order chi connectivity index (χ1) is 8.83. The van der Waals surface area contributed by atoms with Crippen molar-refractivity contribution in [2.45, 2.75) is 45.1 Å². The molecule has 4 heteroatoms. The highest BCUT2D eigenvalue weighted by molar-refractivity contribution is 5.87. The van der Waals surface area contributed by atoms with Crippen LogP contribution >= 0.6 is 0 Å². The molecule has 1 amide bonds. The van der Waals surface area contributed by atoms with Crippen molar-refractivity contribution in [2.24, 2.45) is 0 Å². The van der Waals surface area contributed by atoms with Crippen LogP contribution in [0.1, 0.15) is 39.0 Å². The number of ether oxygens (including phenoxy) is 1. The van der Waals surface area contributed by atoms with Gasteiger partial charge in [0, 0.05) is 12.2 Å². The fraction of sp³-hybridized carbons (Fsp3) is 0.571. The standard InChI is InChI=1S/C14H20N2O2/c1-2-18-14(17)16(12-8-4-3-5-9-12)13-10-6-7-11-15-13/h6-7,10-12H,2-5,8-9H2,1H3. The van der Waals surface area contributed by atoms with E-state index in [9.17, 15) is 4.79 Å². The van der Waals surface area contributed by atoms with Crippen LogP contribution in [0.15, 0.2) is 24.4 Å². The van der Waals surface area contributed by atoms with Crippen molar-refractivity contribution in [2.75, 3.05) is 11.5 Å². The van der Waals surface area contributed by atoms with Gasteiger partial charge in [-0.2, -0.15) is 0 Å². The Labute approximate surface area is 108 Å². The molecule has 0 unspecified atom stereocenters. The Hall–Kier alpha value is -1.58. The first-order valence-corrected chi connectivity index (χ1v) is 6.70. The van der Waals surface area contributed by atoms with E-state index in [1.54, 1.807) is 11.1 Å². The van der Waals surface area contributed by atoms with Crippen molar-refractivity contribution in [1.29, 1.82) is 0 Å². The molecule has 2 rings (SSSR count). The van der Waals surface area contributed by atoms with E-state index >= 15 is 0 Å². The smallest absolute Gasteiger partial charge is 0.415 e. The van der Waals surface area contributed by atoms with Gasteiger partial charge in [-0.05, 0) is 31.9 Å². The molecular formula is C14H20N2O2. The van der Waals surface area contributed by atoms with Gasteiger partial charge in [-0.25, -0.2) is 9.78 Å². The zero-order chi connectivity index (χ0) is 12.8. The highest BCUT2D eigenvalue weighted by atomic mass is 16.6. The summed E-state index contributed by atoms with van der Waals surface area (Å²) in [7, 11) is 0. The number of hydrogen-bond donors (Lipinski definition) is 0. The molecule has 0 aromatic carbocycles. The van der Waals surface area contributed by atoms with Crippen molar-refractivity contribution in [3.63, 3.8) is 0 Å². The Bertz CT molecular complexity index is 375. The van der Waals surface area contributed by atoms with Crippen LogP contribution in [-0.2, 0) is 4.74 Å². The quantitative estimate of drug-likeness (QED) is 0.823. The van der Waals surface area contributed by atoms with Crippen molar-refractivity contribution >= 4 is 11.9 Å². The molecule has 0 aliphatic heterocycles. The van der Waals surface area contributed by atoms with E-state index in [0.29, 0.717) is 12.4 Å². The van der Waals surface area contributed by atoms with Crippen molar-refractivity contribution in [3.8, 4) is 0 Å². The summed E-state index contributed by atoms with van der Waals surface area (Å²) in [6, 6.07) is 5.85. The third-order valence-corrected chi connectivity index (χ3v) is 3.30. The Kier molecular flexibility index (Phi) is 4.56. The number of carbonyl (C=O) groups is 1. The number of hydrogen-bond acceptors (Lipinski definition) is 3. The molecule has 0 radical (unpaired) electrons. The highest BCUT2D eigenvalue weighted by Crippen LogP contribution is 2.26. The number of pyridine rings is 1. The number of rotatable bonds is 3. The maximum atomic E-state index is 12.1. The predicted molar refractivity (Wildman–Crippen MR) is 70.6 cm³/mol. The molecule has 1 fully saturated rings. The number of anilines is 1. The second-order valence-electron chi connectivity index (χ2n) is 4.55. The van der Waals surface area contributed by atoms with Gasteiger partial charge >= 0.3 is 6.09 Å². The lowest BCUT2D eigenvalue weighted by atomic mass is 9.94. The number of carbonyl (C=O) groups excluding carboxylic acids is 1. The monoisotopic (exact) mass is 248 g/mol. The zero-order valence-corrected chi connectivity index (χ0v) is 10.8. The van der Waals surface area contributed by atoms with Crippen LogP contribution < -0.4 is 4.90 Å². The summed E-state index contributed by atoms with van der Waals surface area (Å²) in [4.78, 5) is 18.1. The van der Waals surface area contributed by atoms with Crippen LogP contribution in [0.5, 0.6) is 0 Å². The van der Waals surface area contributed by atoms with Crippen LogP contribution in [0.2, 0.25) is 0 Å². The van der Waals surface area contributed by atoms with Gasteiger partial charge in [-0.15, -0.1) is 0 Å². The molecule has 1 aromatic rings. The summed E-state index contributed by atoms with van der Waals surface area (Å²) in [6.07, 6.45) is 7.12. The van der Waals surface area contributed by atoms with Crippen LogP contribution in [0, 0.1) is 0 Å². The summed E-state index contributed by atoms with van der Waals surface area (Å²) < 4.78 is 5.16. The van der Waals surface area contributed by atoms with Crippen LogP contribution in [-0.4, -0.2) is 23.7 Å². The molecule has 1 aromatic heterocycles. The maximum Gasteiger partial charge on any atom is 0.415 e. The van der Waals surface area contributed by atoms with Gasteiger partial charge in [0.2, 0.25) is 0 Å². The number of amides is 1. The summed E-state index contributed by atoms with van der Waals surface area (Å²) in [6.45, 7) is 2.23. The minimum absolute atomic E-state index is 0.229. The van der Waals surface area contributed by atoms with Gasteiger partial charge in [0.25, 0.3) is 0 Å². The number of nitrogens with zero attached hydrogens (tertiary/aromatic N) is 2. The normalized spacial score (nSPS) is 16.3. The van der Waals surface area contributed by atoms with E-state index in [1.807, 2.05) is 25.1 Å². The topological polar surface area (TPSA) is 42.4 Å². The van der Waals surface area contributed by atoms with Crippen molar-refractivity contribution < 1.29 is 9.53 Å². The lowest BCUT2D eigenvalue weighted by Crippen LogP contribution is -2.42. The molecule has 18 heavy (non-hydrogen) atoms. The van der Waals surface area contributed by atoms with Crippen molar-refractivity contribution in [3.05, 3.63) is 24.4 Å². The summed E-state index contributed by atoms with van der Waals surface area (Å²) >= 11 is 0. The average Bonchev–Trinajstić information content (AvgIpc) is 2.42. The van der Waals surface area contributed by atoms with E-state index in [-0.39, 0.29) is 12.1 Å². The van der Waals surface area contributed by atoms with E-state index in [4.69, 9.17) is 4.74 Å². The molecule has 0 spiro atoms. The molecule has 0 saturated heterocycles. The van der Waals surface area contributed by atoms with Gasteiger partial charge in [0.05, 0.1) is 6.61 Å². The van der Waals surface area contributed by atoms with E-state index in [1.165, 1.54) is 19.3 Å². The summed E-state index contributed by atoms with van der Waals surface area (Å²) in [5, 5.41) is 0. The van der Waals surface area contributed by atoms with Crippen LogP contribution in [0.3, 0.4) is 0 Å². The molecule has 4 nitrogen and oxygen atoms in total. The SMILES string of the molecule is CCOC(=O)N(c1ccccn1)C1CCCCC1.